The van der Waals surface area contributed by atoms with Crippen LogP contribution < -0.4 is 5.32 Å². The number of carbonyl (C=O) groups is 1. The number of carbonyl (C=O) groups excluding carboxylic acids is 1. The van der Waals surface area contributed by atoms with E-state index in [1.807, 2.05) is 48.0 Å². The van der Waals surface area contributed by atoms with Crippen LogP contribution in [0.15, 0.2) is 56.5 Å². The molecule has 1 N–H and O–H groups in total. The van der Waals surface area contributed by atoms with Crippen LogP contribution in [-0.4, -0.2) is 26.4 Å². The van der Waals surface area contributed by atoms with Crippen LogP contribution in [0.5, 0.6) is 0 Å². The van der Waals surface area contributed by atoms with Crippen molar-refractivity contribution in [1.29, 1.82) is 0 Å². The first-order valence-corrected chi connectivity index (χ1v) is 12.5. The van der Waals surface area contributed by atoms with Gasteiger partial charge in [-0.1, -0.05) is 41.5 Å². The molecule has 2 aromatic heterocycles. The molecule has 31 heavy (non-hydrogen) atoms. The molecule has 1 amide bonds. The van der Waals surface area contributed by atoms with Gasteiger partial charge in [0.05, 0.1) is 5.75 Å². The van der Waals surface area contributed by atoms with Crippen molar-refractivity contribution in [1.82, 2.24) is 14.8 Å². The largest absolute Gasteiger partial charge is 0.453 e. The van der Waals surface area contributed by atoms with Gasteiger partial charge in [0.2, 0.25) is 5.91 Å². The summed E-state index contributed by atoms with van der Waals surface area (Å²) in [6.45, 7) is 4.24. The molecular weight excluding hydrogens is 591 g/mol. The molecule has 4 rings (SSSR count). The number of anilines is 1. The van der Waals surface area contributed by atoms with E-state index in [-0.39, 0.29) is 11.7 Å². The van der Waals surface area contributed by atoms with Gasteiger partial charge in [0, 0.05) is 26.2 Å². The fraction of sp³-hybridized carbons (Fsp3) is 0.227. The van der Waals surface area contributed by atoms with Crippen LogP contribution in [0.25, 0.3) is 22.6 Å². The van der Waals surface area contributed by atoms with Gasteiger partial charge in [-0.25, -0.2) is 0 Å². The number of aromatic nitrogens is 3. The molecule has 4 aromatic rings. The van der Waals surface area contributed by atoms with Crippen molar-refractivity contribution in [2.75, 3.05) is 11.1 Å². The fourth-order valence-electron chi connectivity index (χ4n) is 3.22. The maximum atomic E-state index is 12.6. The van der Waals surface area contributed by atoms with Crippen molar-refractivity contribution in [2.45, 2.75) is 24.9 Å². The van der Waals surface area contributed by atoms with Gasteiger partial charge in [-0.3, -0.25) is 4.79 Å². The Bertz CT molecular complexity index is 1270. The second kappa shape index (κ2) is 9.33. The smallest absolute Gasteiger partial charge is 0.234 e. The molecule has 160 valence electrons. The Labute approximate surface area is 206 Å². The van der Waals surface area contributed by atoms with E-state index in [2.05, 4.69) is 73.9 Å². The number of benzene rings is 2. The SMILES string of the molecule is CC(C)c1cc(I)ccc1NC(=O)CSc1nnc(-c2cc3cc(Br)ccc3o2)n1C. The summed E-state index contributed by atoms with van der Waals surface area (Å²) in [4.78, 5) is 12.6. The third kappa shape index (κ3) is 4.98. The van der Waals surface area contributed by atoms with Crippen molar-refractivity contribution in [3.05, 3.63) is 56.1 Å². The lowest BCUT2D eigenvalue weighted by molar-refractivity contribution is -0.113. The topological polar surface area (TPSA) is 73.0 Å². The molecule has 0 saturated heterocycles. The lowest BCUT2D eigenvalue weighted by atomic mass is 10.0. The summed E-state index contributed by atoms with van der Waals surface area (Å²) in [5.74, 6) is 1.74. The Morgan fingerprint density at radius 1 is 1.23 bits per heavy atom. The zero-order valence-corrected chi connectivity index (χ0v) is 21.7. The van der Waals surface area contributed by atoms with Crippen molar-refractivity contribution < 1.29 is 9.21 Å². The summed E-state index contributed by atoms with van der Waals surface area (Å²) in [6, 6.07) is 13.8. The van der Waals surface area contributed by atoms with E-state index in [9.17, 15) is 4.79 Å². The third-order valence-corrected chi connectivity index (χ3v) is 6.96. The minimum Gasteiger partial charge on any atom is -0.453 e. The zero-order valence-electron chi connectivity index (χ0n) is 17.1. The van der Waals surface area contributed by atoms with Crippen LogP contribution in [0.4, 0.5) is 5.69 Å². The number of thioether (sulfide) groups is 1. The van der Waals surface area contributed by atoms with E-state index in [1.165, 1.54) is 11.8 Å². The van der Waals surface area contributed by atoms with Crippen LogP contribution in [0, 0.1) is 3.57 Å². The maximum absolute atomic E-state index is 12.6. The molecule has 0 spiro atoms. The number of nitrogens with zero attached hydrogens (tertiary/aromatic N) is 3. The summed E-state index contributed by atoms with van der Waals surface area (Å²) in [5, 5.41) is 13.2. The Kier molecular flexibility index (Phi) is 6.73. The van der Waals surface area contributed by atoms with E-state index in [4.69, 9.17) is 4.42 Å². The number of halogens is 2. The highest BCUT2D eigenvalue weighted by Crippen LogP contribution is 2.30. The molecule has 0 aliphatic carbocycles. The molecule has 0 fully saturated rings. The zero-order chi connectivity index (χ0) is 22.1. The van der Waals surface area contributed by atoms with Crippen LogP contribution in [0.2, 0.25) is 0 Å². The molecule has 0 bridgehead atoms. The second-order valence-electron chi connectivity index (χ2n) is 7.38. The minimum absolute atomic E-state index is 0.0776. The summed E-state index contributed by atoms with van der Waals surface area (Å²) in [5.41, 5.74) is 2.77. The molecule has 0 saturated carbocycles. The minimum atomic E-state index is -0.0776. The fourth-order valence-corrected chi connectivity index (χ4v) is 4.83. The Morgan fingerprint density at radius 3 is 2.81 bits per heavy atom. The van der Waals surface area contributed by atoms with Crippen molar-refractivity contribution in [3.8, 4) is 11.6 Å². The molecule has 9 heteroatoms. The molecule has 2 aromatic carbocycles. The predicted octanol–water partition coefficient (Wildman–Crippen LogP) is 6.45. The number of hydrogen-bond donors (Lipinski definition) is 1. The first kappa shape index (κ1) is 22.3. The maximum Gasteiger partial charge on any atom is 0.234 e. The molecule has 0 atom stereocenters. The van der Waals surface area contributed by atoms with Crippen molar-refractivity contribution >= 4 is 72.8 Å². The van der Waals surface area contributed by atoms with Crippen LogP contribution >= 0.6 is 50.3 Å². The van der Waals surface area contributed by atoms with Crippen molar-refractivity contribution in [3.63, 3.8) is 0 Å². The first-order chi connectivity index (χ1) is 14.8. The van der Waals surface area contributed by atoms with Gasteiger partial charge < -0.3 is 14.3 Å². The normalized spacial score (nSPS) is 11.4. The molecule has 6 nitrogen and oxygen atoms in total. The number of nitrogens with one attached hydrogen (secondary N) is 1. The van der Waals surface area contributed by atoms with Gasteiger partial charge >= 0.3 is 0 Å². The highest BCUT2D eigenvalue weighted by Gasteiger charge is 2.17. The standard InChI is InChI=1S/C22H20BrIN4O2S/c1-12(2)16-10-15(24)5-6-17(16)25-20(29)11-31-22-27-26-21(28(22)3)19-9-13-8-14(23)4-7-18(13)30-19/h4-10,12H,11H2,1-3H3,(H,25,29). The molecule has 0 aliphatic heterocycles. The lowest BCUT2D eigenvalue weighted by Gasteiger charge is -2.14. The summed E-state index contributed by atoms with van der Waals surface area (Å²) < 4.78 is 9.90. The Balaban J connectivity index is 1.46. The Hall–Kier alpha value is -1.85. The summed E-state index contributed by atoms with van der Waals surface area (Å²) in [7, 11) is 1.87. The molecule has 2 heterocycles. The van der Waals surface area contributed by atoms with E-state index in [1.54, 1.807) is 0 Å². The predicted molar refractivity (Wildman–Crippen MR) is 137 cm³/mol. The highest BCUT2D eigenvalue weighted by molar-refractivity contribution is 14.1. The summed E-state index contributed by atoms with van der Waals surface area (Å²) >= 11 is 7.10. The number of amides is 1. The van der Waals surface area contributed by atoms with Crippen LogP contribution in [0.1, 0.15) is 25.3 Å². The van der Waals surface area contributed by atoms with Gasteiger partial charge in [0.1, 0.15) is 5.58 Å². The quantitative estimate of drug-likeness (QED) is 0.201. The van der Waals surface area contributed by atoms with Gasteiger partial charge in [-0.15, -0.1) is 10.2 Å². The van der Waals surface area contributed by atoms with Gasteiger partial charge in [-0.2, -0.15) is 0 Å². The number of furan rings is 1. The molecule has 0 unspecified atom stereocenters. The number of fused-ring (bicyclic) bond motifs is 1. The van der Waals surface area contributed by atoms with E-state index in [0.717, 1.165) is 30.3 Å². The second-order valence-corrected chi connectivity index (χ2v) is 10.5. The molecule has 0 aliphatic rings. The third-order valence-electron chi connectivity index (χ3n) is 4.78. The van der Waals surface area contributed by atoms with Gasteiger partial charge in [0.25, 0.3) is 0 Å². The number of rotatable bonds is 6. The van der Waals surface area contributed by atoms with Crippen molar-refractivity contribution in [2.24, 2.45) is 7.05 Å². The van der Waals surface area contributed by atoms with E-state index < -0.39 is 0 Å². The first-order valence-electron chi connectivity index (χ1n) is 9.63. The lowest BCUT2D eigenvalue weighted by Crippen LogP contribution is -2.16. The van der Waals surface area contributed by atoms with Crippen LogP contribution in [0.3, 0.4) is 0 Å². The Morgan fingerprint density at radius 2 is 2.03 bits per heavy atom. The van der Waals surface area contributed by atoms with Gasteiger partial charge in [-0.05, 0) is 76.5 Å². The summed E-state index contributed by atoms with van der Waals surface area (Å²) in [6.07, 6.45) is 0. The van der Waals surface area contributed by atoms with Gasteiger partial charge in [0.15, 0.2) is 16.7 Å². The van der Waals surface area contributed by atoms with E-state index in [0.29, 0.717) is 22.7 Å². The monoisotopic (exact) mass is 610 g/mol. The average molecular weight is 611 g/mol. The van der Waals surface area contributed by atoms with E-state index >= 15 is 0 Å². The highest BCUT2D eigenvalue weighted by atomic mass is 127. The average Bonchev–Trinajstić information content (AvgIpc) is 3.30. The molecule has 0 radical (unpaired) electrons. The number of hydrogen-bond acceptors (Lipinski definition) is 5. The molecular formula is C22H20BrIN4O2S. The van der Waals surface area contributed by atoms with Crippen LogP contribution in [-0.2, 0) is 11.8 Å².